The van der Waals surface area contributed by atoms with Gasteiger partial charge >= 0.3 is 5.97 Å². The number of H-pyrrole nitrogens is 1. The molecule has 0 spiro atoms. The maximum Gasteiger partial charge on any atom is 0.311 e. The van der Waals surface area contributed by atoms with Crippen molar-refractivity contribution in [2.75, 3.05) is 11.5 Å². The van der Waals surface area contributed by atoms with Gasteiger partial charge in [0.05, 0.1) is 17.7 Å². The first kappa shape index (κ1) is 24.6. The first-order valence-corrected chi connectivity index (χ1v) is 12.4. The number of hydrogen-bond donors (Lipinski definition) is 1. The number of ketones is 2. The molecule has 2 atom stereocenters. The molecule has 1 saturated heterocycles. The second-order valence-electron chi connectivity index (χ2n) is 8.92. The van der Waals surface area contributed by atoms with Gasteiger partial charge in [-0.15, -0.1) is 11.3 Å². The van der Waals surface area contributed by atoms with E-state index in [0.29, 0.717) is 23.2 Å². The first-order chi connectivity index (χ1) is 16.7. The molecule has 2 unspecified atom stereocenters. The topological polar surface area (TPSA) is 96.5 Å². The number of carbonyl (C=O) groups is 4. The van der Waals surface area contributed by atoms with E-state index in [1.165, 1.54) is 18.3 Å². The van der Waals surface area contributed by atoms with Crippen LogP contribution in [0.1, 0.15) is 68.4 Å². The molecule has 1 N–H and O–H groups in total. The van der Waals surface area contributed by atoms with Crippen LogP contribution >= 0.6 is 11.3 Å². The Balaban J connectivity index is 1.57. The Bertz CT molecular complexity index is 1270. The SMILES string of the molecule is CC(=O)c1c(C)[nH]c(C(=O)COC(=O)C2CCC(=O)N(c3ccc(C)cc3)C2c2cccs2)c1C. The van der Waals surface area contributed by atoms with Gasteiger partial charge in [-0.3, -0.25) is 19.2 Å². The summed E-state index contributed by atoms with van der Waals surface area (Å²) in [5.74, 6) is -1.72. The Labute approximate surface area is 208 Å². The molecule has 0 bridgehead atoms. The zero-order chi connectivity index (χ0) is 25.3. The first-order valence-electron chi connectivity index (χ1n) is 11.5. The van der Waals surface area contributed by atoms with Gasteiger partial charge in [0.2, 0.25) is 11.7 Å². The lowest BCUT2D eigenvalue weighted by Crippen LogP contribution is -2.46. The third-order valence-electron chi connectivity index (χ3n) is 6.46. The molecule has 1 fully saturated rings. The molecule has 8 heteroatoms. The zero-order valence-corrected chi connectivity index (χ0v) is 21.0. The molecule has 1 amide bonds. The van der Waals surface area contributed by atoms with Crippen molar-refractivity contribution in [2.24, 2.45) is 5.92 Å². The number of thiophene rings is 1. The van der Waals surface area contributed by atoms with Gasteiger partial charge in [0, 0.05) is 28.2 Å². The van der Waals surface area contributed by atoms with Gasteiger partial charge in [0.15, 0.2) is 12.4 Å². The monoisotopic (exact) mass is 492 g/mol. The van der Waals surface area contributed by atoms with Crippen LogP contribution in [0.15, 0.2) is 41.8 Å². The average molecular weight is 493 g/mol. The summed E-state index contributed by atoms with van der Waals surface area (Å²) in [6.07, 6.45) is 0.548. The predicted molar refractivity (Wildman–Crippen MR) is 134 cm³/mol. The van der Waals surface area contributed by atoms with Gasteiger partial charge in [0.25, 0.3) is 0 Å². The van der Waals surface area contributed by atoms with Gasteiger partial charge in [0.1, 0.15) is 0 Å². The van der Waals surface area contributed by atoms with Gasteiger partial charge in [-0.05, 0) is 63.3 Å². The zero-order valence-electron chi connectivity index (χ0n) is 20.2. The molecule has 2 aromatic heterocycles. The molecule has 7 nitrogen and oxygen atoms in total. The predicted octanol–water partition coefficient (Wildman–Crippen LogP) is 5.11. The van der Waals surface area contributed by atoms with Crippen LogP contribution in [0.4, 0.5) is 5.69 Å². The number of nitrogens with zero attached hydrogens (tertiary/aromatic N) is 1. The minimum atomic E-state index is -0.611. The number of benzene rings is 1. The van der Waals surface area contributed by atoms with Crippen LogP contribution in [0.3, 0.4) is 0 Å². The fourth-order valence-electron chi connectivity index (χ4n) is 4.81. The van der Waals surface area contributed by atoms with Crippen LogP contribution in [0, 0.1) is 26.7 Å². The van der Waals surface area contributed by atoms with Crippen molar-refractivity contribution in [3.05, 3.63) is 74.7 Å². The van der Waals surface area contributed by atoms with E-state index in [4.69, 9.17) is 4.74 Å². The maximum atomic E-state index is 13.3. The number of nitrogens with one attached hydrogen (secondary N) is 1. The number of carbonyl (C=O) groups excluding carboxylic acids is 4. The third kappa shape index (κ3) is 4.84. The van der Waals surface area contributed by atoms with Gasteiger partial charge in [-0.2, -0.15) is 0 Å². The molecule has 35 heavy (non-hydrogen) atoms. The van der Waals surface area contributed by atoms with Crippen molar-refractivity contribution < 1.29 is 23.9 Å². The van der Waals surface area contributed by atoms with E-state index in [2.05, 4.69) is 4.98 Å². The lowest BCUT2D eigenvalue weighted by molar-refractivity contribution is -0.149. The van der Waals surface area contributed by atoms with Gasteiger partial charge in [-0.25, -0.2) is 0 Å². The van der Waals surface area contributed by atoms with Gasteiger partial charge in [-0.1, -0.05) is 23.8 Å². The lowest BCUT2D eigenvalue weighted by atomic mass is 9.87. The molecule has 182 valence electrons. The summed E-state index contributed by atoms with van der Waals surface area (Å²) in [6.45, 7) is 6.42. The highest BCUT2D eigenvalue weighted by Gasteiger charge is 2.43. The summed E-state index contributed by atoms with van der Waals surface area (Å²) in [4.78, 5) is 56.5. The molecular weight excluding hydrogens is 464 g/mol. The molecule has 1 aromatic carbocycles. The number of esters is 1. The molecule has 3 heterocycles. The summed E-state index contributed by atoms with van der Waals surface area (Å²) >= 11 is 1.48. The van der Waals surface area contributed by atoms with E-state index in [-0.39, 0.29) is 23.8 Å². The number of rotatable bonds is 7. The number of ether oxygens (including phenoxy) is 1. The van der Waals surface area contributed by atoms with Crippen LogP contribution in [0.25, 0.3) is 0 Å². The Kier molecular flexibility index (Phi) is 7.03. The Morgan fingerprint density at radius 3 is 2.43 bits per heavy atom. The number of hydrogen-bond acceptors (Lipinski definition) is 6. The Hall–Kier alpha value is -3.52. The summed E-state index contributed by atoms with van der Waals surface area (Å²) in [5.41, 5.74) is 3.72. The van der Waals surface area contributed by atoms with Crippen LogP contribution in [-0.2, 0) is 14.3 Å². The van der Waals surface area contributed by atoms with E-state index in [1.807, 2.05) is 48.7 Å². The highest BCUT2D eigenvalue weighted by Crippen LogP contribution is 2.42. The molecule has 4 rings (SSSR count). The lowest BCUT2D eigenvalue weighted by Gasteiger charge is -2.39. The van der Waals surface area contributed by atoms with Gasteiger partial charge < -0.3 is 14.6 Å². The summed E-state index contributed by atoms with van der Waals surface area (Å²) < 4.78 is 5.50. The second kappa shape index (κ2) is 10.00. The summed E-state index contributed by atoms with van der Waals surface area (Å²) in [6, 6.07) is 10.9. The molecule has 0 aliphatic carbocycles. The van der Waals surface area contributed by atoms with E-state index in [0.717, 1.165) is 16.1 Å². The molecule has 3 aromatic rings. The number of aryl methyl sites for hydroxylation is 2. The van der Waals surface area contributed by atoms with Crippen molar-refractivity contribution in [2.45, 2.75) is 46.6 Å². The fourth-order valence-corrected chi connectivity index (χ4v) is 5.69. The number of Topliss-reactive ketones (excluding diaryl/α,β-unsaturated/α-hetero) is 2. The number of piperidine rings is 1. The largest absolute Gasteiger partial charge is 0.457 e. The number of anilines is 1. The smallest absolute Gasteiger partial charge is 0.311 e. The highest BCUT2D eigenvalue weighted by atomic mass is 32.1. The molecule has 1 aliphatic rings. The standard InChI is InChI=1S/C27H28N2O5S/c1-15-7-9-19(10-8-15)29-23(32)12-11-20(26(29)22-6-5-13-35-22)27(33)34-14-21(31)25-16(2)24(18(4)30)17(3)28-25/h5-10,13,20,26,28H,11-12,14H2,1-4H3. The van der Waals surface area contributed by atoms with E-state index in [9.17, 15) is 19.2 Å². The van der Waals surface area contributed by atoms with E-state index in [1.54, 1.807) is 18.7 Å². The quantitative estimate of drug-likeness (QED) is 0.365. The maximum absolute atomic E-state index is 13.3. The molecule has 0 radical (unpaired) electrons. The van der Waals surface area contributed by atoms with Crippen molar-refractivity contribution in [3.63, 3.8) is 0 Å². The van der Waals surface area contributed by atoms with Crippen molar-refractivity contribution in [3.8, 4) is 0 Å². The minimum absolute atomic E-state index is 0.0540. The van der Waals surface area contributed by atoms with Crippen molar-refractivity contribution in [1.82, 2.24) is 4.98 Å². The van der Waals surface area contributed by atoms with Crippen LogP contribution < -0.4 is 4.90 Å². The minimum Gasteiger partial charge on any atom is -0.457 e. The van der Waals surface area contributed by atoms with E-state index < -0.39 is 30.3 Å². The molecule has 1 aliphatic heterocycles. The highest BCUT2D eigenvalue weighted by molar-refractivity contribution is 7.10. The molecule has 0 saturated carbocycles. The number of aromatic nitrogens is 1. The van der Waals surface area contributed by atoms with E-state index >= 15 is 0 Å². The Morgan fingerprint density at radius 1 is 1.11 bits per heavy atom. The number of aromatic amines is 1. The average Bonchev–Trinajstić information content (AvgIpc) is 3.45. The van der Waals surface area contributed by atoms with Crippen LogP contribution in [-0.4, -0.2) is 35.0 Å². The fraction of sp³-hybridized carbons (Fsp3) is 0.333. The van der Waals surface area contributed by atoms with Crippen LogP contribution in [0.2, 0.25) is 0 Å². The number of amides is 1. The normalized spacial score (nSPS) is 17.9. The Morgan fingerprint density at radius 2 is 1.83 bits per heavy atom. The molecular formula is C27H28N2O5S. The van der Waals surface area contributed by atoms with Crippen LogP contribution in [0.5, 0.6) is 0 Å². The summed E-state index contributed by atoms with van der Waals surface area (Å²) in [5, 5.41) is 1.91. The second-order valence-corrected chi connectivity index (χ2v) is 9.90. The van der Waals surface area contributed by atoms with Crippen molar-refractivity contribution in [1.29, 1.82) is 0 Å². The van der Waals surface area contributed by atoms with Crippen molar-refractivity contribution >= 4 is 40.5 Å². The third-order valence-corrected chi connectivity index (χ3v) is 7.40. The summed E-state index contributed by atoms with van der Waals surface area (Å²) in [7, 11) is 0.